The van der Waals surface area contributed by atoms with Gasteiger partial charge in [0.1, 0.15) is 5.75 Å². The lowest BCUT2D eigenvalue weighted by Crippen LogP contribution is -2.30. The van der Waals surface area contributed by atoms with Crippen molar-refractivity contribution >= 4 is 0 Å². The molecule has 0 radical (unpaired) electrons. The number of ether oxygens (including phenoxy) is 1. The van der Waals surface area contributed by atoms with Gasteiger partial charge in [0.2, 0.25) is 0 Å². The van der Waals surface area contributed by atoms with Gasteiger partial charge in [-0.05, 0) is 80.8 Å². The molecule has 2 nitrogen and oxygen atoms in total. The lowest BCUT2D eigenvalue weighted by Gasteiger charge is -2.33. The Labute approximate surface area is 130 Å². The molecule has 2 rings (SSSR count). The van der Waals surface area contributed by atoms with Crippen molar-refractivity contribution in [2.24, 2.45) is 5.92 Å². The van der Waals surface area contributed by atoms with Crippen LogP contribution in [-0.4, -0.2) is 20.2 Å². The van der Waals surface area contributed by atoms with Crippen LogP contribution in [0.4, 0.5) is 0 Å². The van der Waals surface area contributed by atoms with Gasteiger partial charge in [0.25, 0.3) is 0 Å². The van der Waals surface area contributed by atoms with E-state index >= 15 is 0 Å². The highest BCUT2D eigenvalue weighted by atomic mass is 16.5. The zero-order valence-electron chi connectivity index (χ0n) is 14.2. The van der Waals surface area contributed by atoms with Crippen LogP contribution in [0.5, 0.6) is 5.75 Å². The van der Waals surface area contributed by atoms with Crippen molar-refractivity contribution in [3.8, 4) is 5.75 Å². The lowest BCUT2D eigenvalue weighted by atomic mass is 9.74. The highest BCUT2D eigenvalue weighted by Gasteiger charge is 2.27. The van der Waals surface area contributed by atoms with Crippen LogP contribution >= 0.6 is 0 Å². The van der Waals surface area contributed by atoms with Crippen molar-refractivity contribution in [1.82, 2.24) is 5.32 Å². The van der Waals surface area contributed by atoms with Gasteiger partial charge in [0, 0.05) is 0 Å². The fourth-order valence-corrected chi connectivity index (χ4v) is 3.76. The van der Waals surface area contributed by atoms with Gasteiger partial charge in [0.15, 0.2) is 0 Å². The molecule has 118 valence electrons. The molecule has 0 amide bonds. The molecular weight excluding hydrogens is 258 g/mol. The van der Waals surface area contributed by atoms with Gasteiger partial charge in [0.05, 0.1) is 7.11 Å². The molecule has 1 N–H and O–H groups in total. The summed E-state index contributed by atoms with van der Waals surface area (Å²) in [5.74, 6) is 2.53. The van der Waals surface area contributed by atoms with E-state index in [1.54, 1.807) is 12.7 Å². The minimum absolute atomic E-state index is 0.715. The van der Waals surface area contributed by atoms with Crippen LogP contribution in [0.25, 0.3) is 0 Å². The molecule has 0 aliphatic heterocycles. The second kappa shape index (κ2) is 7.84. The van der Waals surface area contributed by atoms with Crippen LogP contribution < -0.4 is 10.1 Å². The predicted molar refractivity (Wildman–Crippen MR) is 90.3 cm³/mol. The van der Waals surface area contributed by atoms with Gasteiger partial charge < -0.3 is 10.1 Å². The largest absolute Gasteiger partial charge is 0.496 e. The average Bonchev–Trinajstić information content (AvgIpc) is 2.50. The topological polar surface area (TPSA) is 21.3 Å². The van der Waals surface area contributed by atoms with Crippen molar-refractivity contribution < 1.29 is 4.74 Å². The first-order chi connectivity index (χ1) is 10.2. The number of nitrogens with one attached hydrogen (secondary N) is 1. The molecule has 2 atom stereocenters. The molecule has 1 aliphatic carbocycles. The predicted octanol–water partition coefficient (Wildman–Crippen LogP) is 4.59. The molecule has 0 heterocycles. The molecule has 0 bridgehead atoms. The zero-order valence-corrected chi connectivity index (χ0v) is 14.2. The smallest absolute Gasteiger partial charge is 0.122 e. The molecule has 1 fully saturated rings. The number of methoxy groups -OCH3 is 1. The fraction of sp³-hybridized carbons (Fsp3) is 0.684. The summed E-state index contributed by atoms with van der Waals surface area (Å²) < 4.78 is 5.46. The molecule has 0 saturated heterocycles. The van der Waals surface area contributed by atoms with Gasteiger partial charge in [-0.1, -0.05) is 25.8 Å². The maximum absolute atomic E-state index is 5.46. The van der Waals surface area contributed by atoms with Gasteiger partial charge in [-0.15, -0.1) is 0 Å². The Morgan fingerprint density at radius 3 is 2.62 bits per heavy atom. The van der Waals surface area contributed by atoms with Crippen molar-refractivity contribution in [1.29, 1.82) is 0 Å². The third kappa shape index (κ3) is 4.00. The minimum Gasteiger partial charge on any atom is -0.496 e. The molecule has 21 heavy (non-hydrogen) atoms. The molecule has 1 saturated carbocycles. The Morgan fingerprint density at radius 1 is 1.14 bits per heavy atom. The van der Waals surface area contributed by atoms with Crippen LogP contribution in [0.1, 0.15) is 61.6 Å². The van der Waals surface area contributed by atoms with E-state index in [0.717, 1.165) is 18.2 Å². The van der Waals surface area contributed by atoms with Crippen LogP contribution in [0.3, 0.4) is 0 Å². The Kier molecular flexibility index (Phi) is 6.10. The summed E-state index contributed by atoms with van der Waals surface area (Å²) in [6, 6.07) is 4.59. The highest BCUT2D eigenvalue weighted by molar-refractivity contribution is 5.43. The minimum atomic E-state index is 0.715. The van der Waals surface area contributed by atoms with Gasteiger partial charge in [-0.3, -0.25) is 0 Å². The average molecular weight is 289 g/mol. The zero-order chi connectivity index (χ0) is 15.2. The quantitative estimate of drug-likeness (QED) is 0.774. The van der Waals surface area contributed by atoms with Crippen molar-refractivity contribution in [3.63, 3.8) is 0 Å². The Balaban J connectivity index is 2.18. The molecule has 1 aromatic rings. The normalized spacial score (nSPS) is 22.3. The summed E-state index contributed by atoms with van der Waals surface area (Å²) >= 11 is 0. The summed E-state index contributed by atoms with van der Waals surface area (Å²) in [4.78, 5) is 0. The summed E-state index contributed by atoms with van der Waals surface area (Å²) in [5.41, 5.74) is 4.21. The molecule has 1 aliphatic rings. The lowest BCUT2D eigenvalue weighted by molar-refractivity contribution is 0.295. The van der Waals surface area contributed by atoms with E-state index in [9.17, 15) is 0 Å². The SMILES string of the molecule is CCCNCC1CCCCC1c1cc(C)c(OC)cc1C. The number of hydrogen-bond acceptors (Lipinski definition) is 2. The molecule has 2 unspecified atom stereocenters. The van der Waals surface area contributed by atoms with Crippen molar-refractivity contribution in [2.45, 2.75) is 58.8 Å². The monoisotopic (exact) mass is 289 g/mol. The van der Waals surface area contributed by atoms with Crippen molar-refractivity contribution in [2.75, 3.05) is 20.2 Å². The second-order valence-electron chi connectivity index (χ2n) is 6.53. The number of rotatable bonds is 6. The summed E-state index contributed by atoms with van der Waals surface area (Å²) in [5, 5.41) is 3.64. The maximum Gasteiger partial charge on any atom is 0.122 e. The van der Waals surface area contributed by atoms with Gasteiger partial charge >= 0.3 is 0 Å². The van der Waals surface area contributed by atoms with Crippen LogP contribution in [0.2, 0.25) is 0 Å². The van der Waals surface area contributed by atoms with E-state index < -0.39 is 0 Å². The first kappa shape index (κ1) is 16.4. The Morgan fingerprint density at radius 2 is 1.90 bits per heavy atom. The molecular formula is C19H31NO. The van der Waals surface area contributed by atoms with Gasteiger partial charge in [-0.2, -0.15) is 0 Å². The first-order valence-electron chi connectivity index (χ1n) is 8.53. The van der Waals surface area contributed by atoms with E-state index in [2.05, 4.69) is 38.2 Å². The molecule has 0 aromatic heterocycles. The van der Waals surface area contributed by atoms with E-state index in [4.69, 9.17) is 4.74 Å². The number of aryl methyl sites for hydroxylation is 2. The first-order valence-corrected chi connectivity index (χ1v) is 8.53. The number of benzene rings is 1. The molecule has 2 heteroatoms. The second-order valence-corrected chi connectivity index (χ2v) is 6.53. The summed E-state index contributed by atoms with van der Waals surface area (Å²) in [7, 11) is 1.76. The van der Waals surface area contributed by atoms with Crippen molar-refractivity contribution in [3.05, 3.63) is 28.8 Å². The van der Waals surface area contributed by atoms with Crippen LogP contribution in [0, 0.1) is 19.8 Å². The molecule has 0 spiro atoms. The fourth-order valence-electron chi connectivity index (χ4n) is 3.76. The summed E-state index contributed by atoms with van der Waals surface area (Å²) in [6.07, 6.45) is 6.69. The summed E-state index contributed by atoms with van der Waals surface area (Å²) in [6.45, 7) is 8.95. The third-order valence-electron chi connectivity index (χ3n) is 4.93. The van der Waals surface area contributed by atoms with E-state index in [1.165, 1.54) is 49.8 Å². The Hall–Kier alpha value is -1.02. The Bertz CT molecular complexity index is 455. The van der Waals surface area contributed by atoms with E-state index in [-0.39, 0.29) is 0 Å². The standard InChI is InChI=1S/C19H31NO/c1-5-10-20-13-16-8-6-7-9-17(16)18-11-15(3)19(21-4)12-14(18)2/h11-12,16-17,20H,5-10,13H2,1-4H3. The van der Waals surface area contributed by atoms with Crippen LogP contribution in [-0.2, 0) is 0 Å². The third-order valence-corrected chi connectivity index (χ3v) is 4.93. The number of hydrogen-bond donors (Lipinski definition) is 1. The highest BCUT2D eigenvalue weighted by Crippen LogP contribution is 2.40. The van der Waals surface area contributed by atoms with Crippen LogP contribution in [0.15, 0.2) is 12.1 Å². The molecule has 1 aromatic carbocycles. The van der Waals surface area contributed by atoms with Gasteiger partial charge in [-0.25, -0.2) is 0 Å². The maximum atomic E-state index is 5.46. The van der Waals surface area contributed by atoms with E-state index in [1.807, 2.05) is 0 Å². The van der Waals surface area contributed by atoms with E-state index in [0.29, 0.717) is 5.92 Å².